The van der Waals surface area contributed by atoms with Crippen molar-refractivity contribution in [2.75, 3.05) is 0 Å². The molecule has 1 nitrogen and oxygen atoms in total. The lowest BCUT2D eigenvalue weighted by Gasteiger charge is -2.25. The van der Waals surface area contributed by atoms with Crippen molar-refractivity contribution in [3.63, 3.8) is 0 Å². The van der Waals surface area contributed by atoms with E-state index < -0.39 is 0 Å². The van der Waals surface area contributed by atoms with Crippen LogP contribution in [0.1, 0.15) is 42.7 Å². The number of hydrogen-bond donors (Lipinski definition) is 0. The summed E-state index contributed by atoms with van der Waals surface area (Å²) < 4.78 is 0. The first-order valence-electron chi connectivity index (χ1n) is 5.57. The molecule has 0 atom stereocenters. The summed E-state index contributed by atoms with van der Waals surface area (Å²) in [6.45, 7) is 0. The molecule has 1 aromatic rings. The molecule has 1 aromatic carbocycles. The van der Waals surface area contributed by atoms with E-state index in [-0.39, 0.29) is 6.04 Å². The van der Waals surface area contributed by atoms with Crippen molar-refractivity contribution < 1.29 is 0 Å². The molecule has 0 aliphatic heterocycles. The van der Waals surface area contributed by atoms with Crippen LogP contribution in [0.15, 0.2) is 24.3 Å². The van der Waals surface area contributed by atoms with Gasteiger partial charge in [-0.05, 0) is 49.3 Å². The number of terminal acetylenes is 1. The van der Waals surface area contributed by atoms with Gasteiger partial charge in [-0.3, -0.25) is 5.73 Å². The van der Waals surface area contributed by atoms with Gasteiger partial charge in [0, 0.05) is 11.6 Å². The molecule has 1 N–H and O–H groups in total. The van der Waals surface area contributed by atoms with Crippen molar-refractivity contribution in [2.24, 2.45) is 0 Å². The monoisotopic (exact) mass is 198 g/mol. The zero-order valence-electron chi connectivity index (χ0n) is 8.87. The Morgan fingerprint density at radius 2 is 1.67 bits per heavy atom. The topological polar surface area (TPSA) is 23.8 Å². The van der Waals surface area contributed by atoms with Gasteiger partial charge >= 0.3 is 0 Å². The van der Waals surface area contributed by atoms with Crippen molar-refractivity contribution in [3.05, 3.63) is 35.4 Å². The highest BCUT2D eigenvalue weighted by molar-refractivity contribution is 5.35. The molecule has 1 aliphatic rings. The fourth-order valence-electron chi connectivity index (χ4n) is 2.28. The van der Waals surface area contributed by atoms with Crippen LogP contribution in [0.3, 0.4) is 0 Å². The van der Waals surface area contributed by atoms with Gasteiger partial charge in [-0.25, -0.2) is 0 Å². The van der Waals surface area contributed by atoms with E-state index in [0.29, 0.717) is 5.92 Å². The summed E-state index contributed by atoms with van der Waals surface area (Å²) in [4.78, 5) is 0. The second-order valence-electron chi connectivity index (χ2n) is 4.31. The van der Waals surface area contributed by atoms with Gasteiger partial charge in [-0.1, -0.05) is 18.1 Å². The van der Waals surface area contributed by atoms with Crippen LogP contribution in [0, 0.1) is 12.3 Å². The van der Waals surface area contributed by atoms with Crippen LogP contribution in [0.25, 0.3) is 0 Å². The smallest absolute Gasteiger partial charge is 0.0242 e. The van der Waals surface area contributed by atoms with Gasteiger partial charge in [0.15, 0.2) is 0 Å². The normalized spacial score (nSPS) is 25.9. The molecule has 1 saturated carbocycles. The molecular weight excluding hydrogens is 182 g/mol. The predicted octanol–water partition coefficient (Wildman–Crippen LogP) is 2.98. The molecule has 0 unspecified atom stereocenters. The molecule has 1 aliphatic carbocycles. The standard InChI is InChI=1S/C14H16N/c1-2-11-3-5-12(6-4-11)13-7-9-14(15)10-8-13/h1,3-6,13-15H,7-10H2. The van der Waals surface area contributed by atoms with Crippen LogP contribution in [0.4, 0.5) is 0 Å². The minimum atomic E-state index is 0.172. The minimum Gasteiger partial charge on any atom is -0.255 e. The maximum Gasteiger partial charge on any atom is 0.0242 e. The Balaban J connectivity index is 2.07. The third-order valence-corrected chi connectivity index (χ3v) is 3.28. The molecule has 0 heterocycles. The highest BCUT2D eigenvalue weighted by atomic mass is 14.6. The van der Waals surface area contributed by atoms with E-state index in [9.17, 15) is 0 Å². The van der Waals surface area contributed by atoms with Crippen LogP contribution >= 0.6 is 0 Å². The second kappa shape index (κ2) is 4.51. The third-order valence-electron chi connectivity index (χ3n) is 3.28. The molecule has 0 bridgehead atoms. The third kappa shape index (κ3) is 2.40. The van der Waals surface area contributed by atoms with Gasteiger partial charge in [0.1, 0.15) is 0 Å². The van der Waals surface area contributed by atoms with Crippen molar-refractivity contribution >= 4 is 0 Å². The Morgan fingerprint density at radius 3 is 2.20 bits per heavy atom. The van der Waals surface area contributed by atoms with Crippen LogP contribution in [0.5, 0.6) is 0 Å². The van der Waals surface area contributed by atoms with Crippen LogP contribution < -0.4 is 5.73 Å². The minimum absolute atomic E-state index is 0.172. The first kappa shape index (κ1) is 10.3. The summed E-state index contributed by atoms with van der Waals surface area (Å²) in [5.74, 6) is 3.29. The van der Waals surface area contributed by atoms with Crippen molar-refractivity contribution in [1.29, 1.82) is 0 Å². The Labute approximate surface area is 91.7 Å². The lowest BCUT2D eigenvalue weighted by Crippen LogP contribution is -2.18. The van der Waals surface area contributed by atoms with Gasteiger partial charge in [0.25, 0.3) is 0 Å². The molecule has 1 heteroatoms. The molecule has 0 aromatic heterocycles. The van der Waals surface area contributed by atoms with Gasteiger partial charge in [0.2, 0.25) is 0 Å². The van der Waals surface area contributed by atoms with Gasteiger partial charge in [0.05, 0.1) is 0 Å². The molecule has 77 valence electrons. The summed E-state index contributed by atoms with van der Waals surface area (Å²) in [5.41, 5.74) is 10.0. The van der Waals surface area contributed by atoms with Gasteiger partial charge in [-0.15, -0.1) is 6.42 Å². The van der Waals surface area contributed by atoms with Crippen molar-refractivity contribution in [1.82, 2.24) is 5.73 Å². The van der Waals surface area contributed by atoms with E-state index in [1.54, 1.807) is 0 Å². The first-order valence-corrected chi connectivity index (χ1v) is 5.57. The van der Waals surface area contributed by atoms with Crippen LogP contribution in [0.2, 0.25) is 0 Å². The average Bonchev–Trinajstić information content (AvgIpc) is 2.30. The largest absolute Gasteiger partial charge is 0.255 e. The number of benzene rings is 1. The van der Waals surface area contributed by atoms with E-state index in [2.05, 4.69) is 18.1 Å². The number of rotatable bonds is 1. The Hall–Kier alpha value is -1.26. The molecule has 0 amide bonds. The van der Waals surface area contributed by atoms with Crippen molar-refractivity contribution in [2.45, 2.75) is 37.6 Å². The van der Waals surface area contributed by atoms with Crippen molar-refractivity contribution in [3.8, 4) is 12.3 Å². The SMILES string of the molecule is C#Cc1ccc(C2CCC([NH])CC2)cc1. The summed E-state index contributed by atoms with van der Waals surface area (Å²) >= 11 is 0. The molecule has 2 rings (SSSR count). The number of hydrogen-bond acceptors (Lipinski definition) is 0. The summed E-state index contributed by atoms with van der Waals surface area (Å²) in [7, 11) is 0. The van der Waals surface area contributed by atoms with E-state index in [0.717, 1.165) is 31.2 Å². The average molecular weight is 198 g/mol. The lowest BCUT2D eigenvalue weighted by molar-refractivity contribution is 0.388. The highest BCUT2D eigenvalue weighted by Gasteiger charge is 2.19. The molecule has 0 spiro atoms. The van der Waals surface area contributed by atoms with Crippen LogP contribution in [-0.4, -0.2) is 6.04 Å². The summed E-state index contributed by atoms with van der Waals surface area (Å²) in [6, 6.07) is 8.49. The molecule has 0 saturated heterocycles. The maximum absolute atomic E-state index is 7.66. The summed E-state index contributed by atoms with van der Waals surface area (Å²) in [5, 5.41) is 0. The van der Waals surface area contributed by atoms with Gasteiger partial charge < -0.3 is 0 Å². The van der Waals surface area contributed by atoms with E-state index in [4.69, 9.17) is 12.2 Å². The second-order valence-corrected chi connectivity index (χ2v) is 4.31. The maximum atomic E-state index is 7.66. The molecule has 1 radical (unpaired) electrons. The Kier molecular flexibility index (Phi) is 3.08. The fourth-order valence-corrected chi connectivity index (χ4v) is 2.28. The lowest BCUT2D eigenvalue weighted by atomic mass is 9.82. The first-order chi connectivity index (χ1) is 7.29. The van der Waals surface area contributed by atoms with E-state index >= 15 is 0 Å². The molecular formula is C14H16N. The van der Waals surface area contributed by atoms with E-state index in [1.165, 1.54) is 5.56 Å². The van der Waals surface area contributed by atoms with Gasteiger partial charge in [-0.2, -0.15) is 0 Å². The highest BCUT2D eigenvalue weighted by Crippen LogP contribution is 2.32. The quantitative estimate of drug-likeness (QED) is 0.619. The zero-order valence-corrected chi connectivity index (χ0v) is 8.87. The number of nitrogens with one attached hydrogen (secondary N) is 1. The fraction of sp³-hybridized carbons (Fsp3) is 0.429. The van der Waals surface area contributed by atoms with Crippen LogP contribution in [-0.2, 0) is 0 Å². The molecule has 1 fully saturated rings. The zero-order chi connectivity index (χ0) is 10.7. The Morgan fingerprint density at radius 1 is 1.07 bits per heavy atom. The summed E-state index contributed by atoms with van der Waals surface area (Å²) in [6.07, 6.45) is 9.72. The molecule has 15 heavy (non-hydrogen) atoms. The van der Waals surface area contributed by atoms with E-state index in [1.807, 2.05) is 12.1 Å². The predicted molar refractivity (Wildman–Crippen MR) is 62.5 cm³/mol. The Bertz CT molecular complexity index is 350.